The van der Waals surface area contributed by atoms with E-state index in [0.717, 1.165) is 6.07 Å². The largest absolute Gasteiger partial charge is 0.393 e. The minimum absolute atomic E-state index is 0.124. The number of sulfonamides is 1. The standard InChI is InChI=1S/C11H16N2O5S/c1-9(14)5-4-8-12-19(17,18)11-7-3-2-6-10(11)13(15)16/h2-3,6-7,9,12,14H,4-5,8H2,1H3. The Morgan fingerprint density at radius 1 is 1.42 bits per heavy atom. The SMILES string of the molecule is CC(O)CCCNS(=O)(=O)c1ccccc1[N+](=O)[O-]. The minimum Gasteiger partial charge on any atom is -0.393 e. The van der Waals surface area contributed by atoms with Crippen molar-refractivity contribution in [3.8, 4) is 0 Å². The molecule has 0 aliphatic heterocycles. The van der Waals surface area contributed by atoms with Crippen molar-refractivity contribution < 1.29 is 18.4 Å². The quantitative estimate of drug-likeness (QED) is 0.442. The van der Waals surface area contributed by atoms with E-state index in [4.69, 9.17) is 5.11 Å². The smallest absolute Gasteiger partial charge is 0.289 e. The lowest BCUT2D eigenvalue weighted by atomic mass is 10.2. The lowest BCUT2D eigenvalue weighted by molar-refractivity contribution is -0.387. The van der Waals surface area contributed by atoms with Crippen molar-refractivity contribution in [2.45, 2.75) is 30.8 Å². The third-order valence-electron chi connectivity index (χ3n) is 2.44. The molecule has 0 radical (unpaired) electrons. The zero-order valence-electron chi connectivity index (χ0n) is 10.4. The van der Waals surface area contributed by atoms with E-state index in [1.54, 1.807) is 6.92 Å². The number of hydrogen-bond donors (Lipinski definition) is 2. The fourth-order valence-electron chi connectivity index (χ4n) is 1.52. The third-order valence-corrected chi connectivity index (χ3v) is 3.95. The van der Waals surface area contributed by atoms with E-state index in [1.165, 1.54) is 18.2 Å². The molecule has 0 aromatic heterocycles. The highest BCUT2D eigenvalue weighted by Gasteiger charge is 2.24. The van der Waals surface area contributed by atoms with Crippen LogP contribution >= 0.6 is 0 Å². The van der Waals surface area contributed by atoms with Crippen LogP contribution in [0, 0.1) is 10.1 Å². The van der Waals surface area contributed by atoms with Gasteiger partial charge >= 0.3 is 0 Å². The molecule has 106 valence electrons. The van der Waals surface area contributed by atoms with Crippen LogP contribution < -0.4 is 4.72 Å². The maximum Gasteiger partial charge on any atom is 0.289 e. The Morgan fingerprint density at radius 2 is 2.05 bits per heavy atom. The normalized spacial score (nSPS) is 13.2. The van der Waals surface area contributed by atoms with Crippen molar-refractivity contribution in [2.24, 2.45) is 0 Å². The maximum atomic E-state index is 11.9. The predicted octanol–water partition coefficient (Wildman–Crippen LogP) is 1.03. The van der Waals surface area contributed by atoms with Crippen molar-refractivity contribution in [1.82, 2.24) is 4.72 Å². The average molecular weight is 288 g/mol. The van der Waals surface area contributed by atoms with Gasteiger partial charge in [0.25, 0.3) is 5.69 Å². The molecular formula is C11H16N2O5S. The third kappa shape index (κ3) is 4.58. The summed E-state index contributed by atoms with van der Waals surface area (Å²) in [6, 6.07) is 5.17. The van der Waals surface area contributed by atoms with Crippen LogP contribution in [0.25, 0.3) is 0 Å². The molecular weight excluding hydrogens is 272 g/mol. The molecule has 19 heavy (non-hydrogen) atoms. The summed E-state index contributed by atoms with van der Waals surface area (Å²) in [5, 5.41) is 19.8. The summed E-state index contributed by atoms with van der Waals surface area (Å²) in [6.07, 6.45) is 0.410. The molecule has 1 aromatic carbocycles. The van der Waals surface area contributed by atoms with Crippen molar-refractivity contribution in [3.05, 3.63) is 34.4 Å². The number of hydrogen-bond acceptors (Lipinski definition) is 5. The second-order valence-electron chi connectivity index (χ2n) is 4.11. The van der Waals surface area contributed by atoms with Gasteiger partial charge in [0.2, 0.25) is 10.0 Å². The first-order valence-electron chi connectivity index (χ1n) is 5.76. The lowest BCUT2D eigenvalue weighted by Crippen LogP contribution is -2.26. The highest BCUT2D eigenvalue weighted by atomic mass is 32.2. The summed E-state index contributed by atoms with van der Waals surface area (Å²) >= 11 is 0. The van der Waals surface area contributed by atoms with Crippen LogP contribution in [0.2, 0.25) is 0 Å². The van der Waals surface area contributed by atoms with E-state index in [0.29, 0.717) is 12.8 Å². The first-order valence-corrected chi connectivity index (χ1v) is 7.24. The van der Waals surface area contributed by atoms with Crippen LogP contribution in [0.1, 0.15) is 19.8 Å². The molecule has 2 N–H and O–H groups in total. The van der Waals surface area contributed by atoms with Gasteiger partial charge in [-0.1, -0.05) is 12.1 Å². The van der Waals surface area contributed by atoms with Crippen LogP contribution in [-0.4, -0.2) is 31.1 Å². The number of nitrogens with zero attached hydrogens (tertiary/aromatic N) is 1. The van der Waals surface area contributed by atoms with Crippen molar-refractivity contribution >= 4 is 15.7 Å². The van der Waals surface area contributed by atoms with E-state index >= 15 is 0 Å². The van der Waals surface area contributed by atoms with Gasteiger partial charge in [0, 0.05) is 12.6 Å². The van der Waals surface area contributed by atoms with Gasteiger partial charge in [0.05, 0.1) is 11.0 Å². The second kappa shape index (κ2) is 6.60. The molecule has 0 saturated heterocycles. The molecule has 8 heteroatoms. The monoisotopic (exact) mass is 288 g/mol. The van der Waals surface area contributed by atoms with E-state index in [1.807, 2.05) is 0 Å². The Balaban J connectivity index is 2.80. The fraction of sp³-hybridized carbons (Fsp3) is 0.455. The Morgan fingerprint density at radius 3 is 2.63 bits per heavy atom. The molecule has 1 rings (SSSR count). The zero-order valence-corrected chi connectivity index (χ0v) is 11.3. The molecule has 1 atom stereocenters. The number of para-hydroxylation sites is 1. The van der Waals surface area contributed by atoms with Crippen molar-refractivity contribution in [2.75, 3.05) is 6.54 Å². The van der Waals surface area contributed by atoms with Crippen LogP contribution in [0.15, 0.2) is 29.2 Å². The first kappa shape index (κ1) is 15.5. The van der Waals surface area contributed by atoms with E-state index in [-0.39, 0.29) is 11.4 Å². The average Bonchev–Trinajstić information content (AvgIpc) is 2.34. The van der Waals surface area contributed by atoms with Crippen LogP contribution in [0.5, 0.6) is 0 Å². The van der Waals surface area contributed by atoms with Gasteiger partial charge in [-0.3, -0.25) is 10.1 Å². The van der Waals surface area contributed by atoms with E-state index in [9.17, 15) is 18.5 Å². The molecule has 7 nitrogen and oxygen atoms in total. The molecule has 0 spiro atoms. The molecule has 1 aromatic rings. The van der Waals surface area contributed by atoms with Gasteiger partial charge < -0.3 is 5.11 Å². The number of aliphatic hydroxyl groups excluding tert-OH is 1. The Kier molecular flexibility index (Phi) is 5.40. The zero-order chi connectivity index (χ0) is 14.5. The summed E-state index contributed by atoms with van der Waals surface area (Å²) in [5.41, 5.74) is -0.453. The van der Waals surface area contributed by atoms with E-state index < -0.39 is 26.7 Å². The van der Waals surface area contributed by atoms with Gasteiger partial charge in [-0.2, -0.15) is 0 Å². The summed E-state index contributed by atoms with van der Waals surface area (Å²) in [7, 11) is -3.91. The van der Waals surface area contributed by atoms with Crippen molar-refractivity contribution in [3.63, 3.8) is 0 Å². The van der Waals surface area contributed by atoms with Gasteiger partial charge in [-0.05, 0) is 25.8 Å². The molecule has 0 aliphatic carbocycles. The van der Waals surface area contributed by atoms with Crippen LogP contribution in [-0.2, 0) is 10.0 Å². The first-order chi connectivity index (χ1) is 8.84. The molecule has 0 saturated carbocycles. The van der Waals surface area contributed by atoms with Crippen molar-refractivity contribution in [1.29, 1.82) is 0 Å². The Bertz CT molecular complexity index is 542. The summed E-state index contributed by atoms with van der Waals surface area (Å²) < 4.78 is 26.1. The Labute approximate surface area is 111 Å². The summed E-state index contributed by atoms with van der Waals surface area (Å²) in [4.78, 5) is 9.69. The van der Waals surface area contributed by atoms with Crippen LogP contribution in [0.4, 0.5) is 5.69 Å². The highest BCUT2D eigenvalue weighted by molar-refractivity contribution is 7.89. The Hall–Kier alpha value is -1.51. The molecule has 0 amide bonds. The lowest BCUT2D eigenvalue weighted by Gasteiger charge is -2.08. The van der Waals surface area contributed by atoms with Gasteiger partial charge in [0.15, 0.2) is 4.90 Å². The molecule has 1 unspecified atom stereocenters. The highest BCUT2D eigenvalue weighted by Crippen LogP contribution is 2.22. The number of aliphatic hydroxyl groups is 1. The van der Waals surface area contributed by atoms with E-state index in [2.05, 4.69) is 4.72 Å². The number of nitrogens with one attached hydrogen (secondary N) is 1. The summed E-state index contributed by atoms with van der Waals surface area (Å²) in [5.74, 6) is 0. The summed E-state index contributed by atoms with van der Waals surface area (Å²) in [6.45, 7) is 1.73. The number of benzene rings is 1. The topological polar surface area (TPSA) is 110 Å². The van der Waals surface area contributed by atoms with Gasteiger partial charge in [-0.15, -0.1) is 0 Å². The molecule has 0 bridgehead atoms. The predicted molar refractivity (Wildman–Crippen MR) is 69.2 cm³/mol. The molecule has 0 aliphatic rings. The number of nitro groups is 1. The van der Waals surface area contributed by atoms with Gasteiger partial charge in [0.1, 0.15) is 0 Å². The number of nitro benzene ring substituents is 1. The van der Waals surface area contributed by atoms with Crippen LogP contribution in [0.3, 0.4) is 0 Å². The molecule has 0 heterocycles. The number of rotatable bonds is 7. The minimum atomic E-state index is -3.91. The maximum absolute atomic E-state index is 11.9. The molecule has 0 fully saturated rings. The van der Waals surface area contributed by atoms with Gasteiger partial charge in [-0.25, -0.2) is 13.1 Å². The second-order valence-corrected chi connectivity index (χ2v) is 5.85. The fourth-order valence-corrected chi connectivity index (χ4v) is 2.76.